The van der Waals surface area contributed by atoms with E-state index in [1.807, 2.05) is 20.0 Å². The normalized spacial score (nSPS) is 23.7. The van der Waals surface area contributed by atoms with Crippen LogP contribution in [0.1, 0.15) is 40.0 Å². The summed E-state index contributed by atoms with van der Waals surface area (Å²) >= 11 is 0. The quantitative estimate of drug-likeness (QED) is 0.849. The number of likely N-dealkylation sites (N-methyl/N-ethyl adjacent to an activating group) is 1. The fraction of sp³-hybridized carbons (Fsp3) is 0.529. The Labute approximate surface area is 146 Å². The average Bonchev–Trinajstić information content (AvgIpc) is 3.15. The first kappa shape index (κ1) is 16.2. The van der Waals surface area contributed by atoms with E-state index in [0.29, 0.717) is 38.2 Å². The summed E-state index contributed by atoms with van der Waals surface area (Å²) in [5.41, 5.74) is 1.57. The highest BCUT2D eigenvalue weighted by molar-refractivity contribution is 5.94. The molecule has 8 heteroatoms. The maximum absolute atomic E-state index is 12.7. The number of hydrogen-bond donors (Lipinski definition) is 1. The topological polar surface area (TPSA) is 87.4 Å². The largest absolute Gasteiger partial charge is 0.392 e. The molecule has 25 heavy (non-hydrogen) atoms. The number of aliphatic hydroxyl groups excluding tert-OH is 1. The van der Waals surface area contributed by atoms with Crippen LogP contribution in [0.5, 0.6) is 0 Å². The number of fused-ring (bicyclic) bond motifs is 1. The van der Waals surface area contributed by atoms with Crippen molar-refractivity contribution >= 4 is 5.91 Å². The van der Waals surface area contributed by atoms with Crippen LogP contribution in [0.3, 0.4) is 0 Å². The Hall–Kier alpha value is -2.32. The molecule has 8 nitrogen and oxygen atoms in total. The van der Waals surface area contributed by atoms with E-state index in [2.05, 4.69) is 24.6 Å². The molecule has 0 saturated carbocycles. The molecule has 1 amide bonds. The van der Waals surface area contributed by atoms with E-state index in [9.17, 15) is 9.90 Å². The second-order valence-corrected chi connectivity index (χ2v) is 6.95. The van der Waals surface area contributed by atoms with Crippen LogP contribution in [-0.2, 0) is 13.1 Å². The van der Waals surface area contributed by atoms with Gasteiger partial charge in [-0.05, 0) is 32.0 Å². The Morgan fingerprint density at radius 3 is 2.84 bits per heavy atom. The number of likely N-dealkylation sites (tertiary alicyclic amines) is 1. The monoisotopic (exact) mass is 342 g/mol. The SMILES string of the molecule is Cc1cncc(C(=O)N2CCn3c(nnc3[C@@H]3C[C@@H](O)CN3C)C2)c1. The van der Waals surface area contributed by atoms with Crippen molar-refractivity contribution in [3.8, 4) is 0 Å². The Balaban J connectivity index is 1.54. The second-order valence-electron chi connectivity index (χ2n) is 6.95. The molecule has 1 saturated heterocycles. The van der Waals surface area contributed by atoms with E-state index in [-0.39, 0.29) is 18.1 Å². The van der Waals surface area contributed by atoms with E-state index in [4.69, 9.17) is 0 Å². The summed E-state index contributed by atoms with van der Waals surface area (Å²) in [6, 6.07) is 1.94. The molecule has 132 valence electrons. The molecule has 0 aliphatic carbocycles. The van der Waals surface area contributed by atoms with E-state index in [1.54, 1.807) is 17.3 Å². The number of carbonyl (C=O) groups excluding carboxylic acids is 1. The van der Waals surface area contributed by atoms with Gasteiger partial charge in [-0.3, -0.25) is 14.7 Å². The van der Waals surface area contributed by atoms with Gasteiger partial charge in [-0.25, -0.2) is 0 Å². The summed E-state index contributed by atoms with van der Waals surface area (Å²) in [6.07, 6.45) is 3.70. The lowest BCUT2D eigenvalue weighted by molar-refractivity contribution is 0.0704. The molecule has 2 aromatic heterocycles. The summed E-state index contributed by atoms with van der Waals surface area (Å²) in [5.74, 6) is 1.66. The number of rotatable bonds is 2. The van der Waals surface area contributed by atoms with Crippen LogP contribution in [0.25, 0.3) is 0 Å². The molecule has 1 fully saturated rings. The minimum Gasteiger partial charge on any atom is -0.392 e. The number of pyridine rings is 1. The fourth-order valence-electron chi connectivity index (χ4n) is 3.73. The zero-order chi connectivity index (χ0) is 17.6. The number of aromatic nitrogens is 4. The number of aryl methyl sites for hydroxylation is 1. The molecule has 4 rings (SSSR count). The van der Waals surface area contributed by atoms with Crippen molar-refractivity contribution in [3.05, 3.63) is 41.2 Å². The highest BCUT2D eigenvalue weighted by atomic mass is 16.3. The van der Waals surface area contributed by atoms with Crippen molar-refractivity contribution in [2.75, 3.05) is 20.1 Å². The molecule has 1 N–H and O–H groups in total. The van der Waals surface area contributed by atoms with Crippen molar-refractivity contribution in [1.29, 1.82) is 0 Å². The van der Waals surface area contributed by atoms with Crippen LogP contribution in [0.2, 0.25) is 0 Å². The molecule has 0 spiro atoms. The van der Waals surface area contributed by atoms with Crippen LogP contribution in [-0.4, -0.2) is 66.8 Å². The smallest absolute Gasteiger partial charge is 0.255 e. The molecule has 4 heterocycles. The first-order valence-electron chi connectivity index (χ1n) is 8.54. The van der Waals surface area contributed by atoms with Gasteiger partial charge in [-0.1, -0.05) is 0 Å². The van der Waals surface area contributed by atoms with Crippen molar-refractivity contribution in [2.24, 2.45) is 0 Å². The van der Waals surface area contributed by atoms with Gasteiger partial charge in [0.25, 0.3) is 5.91 Å². The minimum absolute atomic E-state index is 0.0274. The Morgan fingerprint density at radius 2 is 2.12 bits per heavy atom. The molecule has 2 aromatic rings. The van der Waals surface area contributed by atoms with E-state index < -0.39 is 0 Å². The maximum atomic E-state index is 12.7. The highest BCUT2D eigenvalue weighted by Crippen LogP contribution is 2.31. The lowest BCUT2D eigenvalue weighted by atomic mass is 10.1. The van der Waals surface area contributed by atoms with Crippen molar-refractivity contribution in [3.63, 3.8) is 0 Å². The first-order chi connectivity index (χ1) is 12.0. The van der Waals surface area contributed by atoms with Crippen molar-refractivity contribution in [1.82, 2.24) is 29.5 Å². The number of amides is 1. The van der Waals surface area contributed by atoms with Gasteiger partial charge in [0, 0.05) is 32.0 Å². The summed E-state index contributed by atoms with van der Waals surface area (Å²) in [7, 11) is 1.99. The second kappa shape index (κ2) is 6.20. The molecule has 0 bridgehead atoms. The molecule has 2 aliphatic heterocycles. The Bertz CT molecular complexity index is 804. The van der Waals surface area contributed by atoms with E-state index >= 15 is 0 Å². The molecule has 0 radical (unpaired) electrons. The summed E-state index contributed by atoms with van der Waals surface area (Å²) in [6.45, 7) is 4.30. The zero-order valence-electron chi connectivity index (χ0n) is 14.5. The van der Waals surface area contributed by atoms with E-state index in [0.717, 1.165) is 17.2 Å². The zero-order valence-corrected chi connectivity index (χ0v) is 14.5. The van der Waals surface area contributed by atoms with Gasteiger partial charge in [0.15, 0.2) is 11.6 Å². The number of aliphatic hydroxyl groups is 1. The number of hydrogen-bond acceptors (Lipinski definition) is 6. The lowest BCUT2D eigenvalue weighted by Gasteiger charge is -2.29. The Kier molecular flexibility index (Phi) is 4.01. The third-order valence-electron chi connectivity index (χ3n) is 5.02. The van der Waals surface area contributed by atoms with Gasteiger partial charge in [-0.2, -0.15) is 0 Å². The average molecular weight is 342 g/mol. The summed E-state index contributed by atoms with van der Waals surface area (Å²) in [5, 5.41) is 18.5. The lowest BCUT2D eigenvalue weighted by Crippen LogP contribution is -2.39. The molecular formula is C17H22N6O2. The van der Waals surface area contributed by atoms with Gasteiger partial charge in [0.05, 0.1) is 24.3 Å². The fourth-order valence-corrected chi connectivity index (χ4v) is 3.73. The Morgan fingerprint density at radius 1 is 1.28 bits per heavy atom. The first-order valence-corrected chi connectivity index (χ1v) is 8.54. The third-order valence-corrected chi connectivity index (χ3v) is 5.02. The minimum atomic E-state index is -0.321. The maximum Gasteiger partial charge on any atom is 0.255 e. The number of nitrogens with zero attached hydrogens (tertiary/aromatic N) is 6. The van der Waals surface area contributed by atoms with Crippen LogP contribution >= 0.6 is 0 Å². The number of β-amino-alcohol motifs (C(OH)–C–C–N with tert-alkyl or cyclic N) is 1. The predicted molar refractivity (Wildman–Crippen MR) is 89.7 cm³/mol. The number of carbonyl (C=O) groups is 1. The summed E-state index contributed by atoms with van der Waals surface area (Å²) in [4.78, 5) is 20.7. The van der Waals surface area contributed by atoms with Crippen LogP contribution in [0.4, 0.5) is 0 Å². The van der Waals surface area contributed by atoms with Crippen LogP contribution < -0.4 is 0 Å². The molecular weight excluding hydrogens is 320 g/mol. The molecule has 2 aliphatic rings. The molecule has 0 unspecified atom stereocenters. The van der Waals surface area contributed by atoms with Gasteiger partial charge in [0.1, 0.15) is 0 Å². The van der Waals surface area contributed by atoms with Gasteiger partial charge in [-0.15, -0.1) is 10.2 Å². The predicted octanol–water partition coefficient (Wildman–Crippen LogP) is 0.375. The molecule has 0 aromatic carbocycles. The van der Waals surface area contributed by atoms with Gasteiger partial charge in [0.2, 0.25) is 0 Å². The van der Waals surface area contributed by atoms with Gasteiger partial charge < -0.3 is 14.6 Å². The van der Waals surface area contributed by atoms with Crippen molar-refractivity contribution < 1.29 is 9.90 Å². The van der Waals surface area contributed by atoms with Gasteiger partial charge >= 0.3 is 0 Å². The van der Waals surface area contributed by atoms with Crippen LogP contribution in [0.15, 0.2) is 18.5 Å². The standard InChI is InChI=1S/C17H22N6O2/c1-11-5-12(8-18-7-11)17(25)22-3-4-23-15(10-22)19-20-16(23)14-6-13(24)9-21(14)2/h5,7-8,13-14,24H,3-4,6,9-10H2,1-2H3/t13-,14+/m1/s1. The van der Waals surface area contributed by atoms with E-state index in [1.165, 1.54) is 0 Å². The highest BCUT2D eigenvalue weighted by Gasteiger charge is 2.35. The summed E-state index contributed by atoms with van der Waals surface area (Å²) < 4.78 is 2.09. The third kappa shape index (κ3) is 2.91. The van der Waals surface area contributed by atoms with Crippen LogP contribution in [0, 0.1) is 6.92 Å². The van der Waals surface area contributed by atoms with Crippen molar-refractivity contribution in [2.45, 2.75) is 38.6 Å². The molecule has 2 atom stereocenters.